The average molecular weight is 323 g/mol. The van der Waals surface area contributed by atoms with Gasteiger partial charge in [-0.3, -0.25) is 4.79 Å². The van der Waals surface area contributed by atoms with Gasteiger partial charge in [0.15, 0.2) is 0 Å². The van der Waals surface area contributed by atoms with Crippen LogP contribution in [0.3, 0.4) is 0 Å². The molecule has 6 rings (SSSR count). The van der Waals surface area contributed by atoms with Crippen LogP contribution in [0.25, 0.3) is 5.69 Å². The highest BCUT2D eigenvalue weighted by atomic mass is 16.1. The van der Waals surface area contributed by atoms with E-state index in [4.69, 9.17) is 0 Å². The van der Waals surface area contributed by atoms with E-state index in [1.807, 2.05) is 24.3 Å². The molecule has 1 amide bonds. The smallest absolute Gasteiger partial charge is 0.251 e. The monoisotopic (exact) mass is 323 g/mol. The van der Waals surface area contributed by atoms with Crippen LogP contribution in [0.2, 0.25) is 0 Å². The molecule has 4 aliphatic rings. The predicted molar refractivity (Wildman–Crippen MR) is 87.5 cm³/mol. The molecule has 2 aromatic rings. The highest BCUT2D eigenvalue weighted by Crippen LogP contribution is 2.55. The summed E-state index contributed by atoms with van der Waals surface area (Å²) in [5, 5.41) is 14.6. The second-order valence-corrected chi connectivity index (χ2v) is 7.96. The quantitative estimate of drug-likeness (QED) is 0.941. The van der Waals surface area contributed by atoms with Crippen molar-refractivity contribution in [2.75, 3.05) is 0 Å². The maximum Gasteiger partial charge on any atom is 0.251 e. The maximum atomic E-state index is 12.9. The summed E-state index contributed by atoms with van der Waals surface area (Å²) < 4.78 is 1.57. The summed E-state index contributed by atoms with van der Waals surface area (Å²) in [6.45, 7) is 0. The van der Waals surface area contributed by atoms with Crippen molar-refractivity contribution in [2.24, 2.45) is 17.8 Å². The van der Waals surface area contributed by atoms with E-state index in [-0.39, 0.29) is 11.4 Å². The molecule has 0 aliphatic heterocycles. The Hall–Kier alpha value is -2.24. The number of carbonyl (C=O) groups excluding carboxylic acids is 1. The molecule has 6 nitrogen and oxygen atoms in total. The second-order valence-electron chi connectivity index (χ2n) is 7.96. The zero-order valence-electron chi connectivity index (χ0n) is 13.6. The topological polar surface area (TPSA) is 72.7 Å². The summed E-state index contributed by atoms with van der Waals surface area (Å²) in [5.74, 6) is 2.50. The van der Waals surface area contributed by atoms with Crippen molar-refractivity contribution in [3.63, 3.8) is 0 Å². The fourth-order valence-corrected chi connectivity index (χ4v) is 5.65. The molecule has 0 unspecified atom stereocenters. The third-order valence-electron chi connectivity index (χ3n) is 6.14. The molecule has 124 valence electrons. The van der Waals surface area contributed by atoms with Gasteiger partial charge in [-0.15, -0.1) is 5.10 Å². The first-order chi connectivity index (χ1) is 11.7. The summed E-state index contributed by atoms with van der Waals surface area (Å²) in [4.78, 5) is 12.9. The molecule has 4 saturated carbocycles. The van der Waals surface area contributed by atoms with E-state index in [9.17, 15) is 4.79 Å². The number of hydrogen-bond donors (Lipinski definition) is 1. The molecule has 1 N–H and O–H groups in total. The summed E-state index contributed by atoms with van der Waals surface area (Å²) in [6, 6.07) is 7.50. The first-order valence-corrected chi connectivity index (χ1v) is 8.85. The summed E-state index contributed by atoms with van der Waals surface area (Å²) in [7, 11) is 0. The van der Waals surface area contributed by atoms with Crippen LogP contribution in [-0.2, 0) is 0 Å². The minimum atomic E-state index is 0.0341. The van der Waals surface area contributed by atoms with Gasteiger partial charge >= 0.3 is 0 Å². The van der Waals surface area contributed by atoms with Gasteiger partial charge in [-0.2, -0.15) is 0 Å². The molecule has 0 saturated heterocycles. The fourth-order valence-electron chi connectivity index (χ4n) is 5.65. The van der Waals surface area contributed by atoms with E-state index in [0.717, 1.165) is 23.4 Å². The van der Waals surface area contributed by atoms with Crippen molar-refractivity contribution in [3.05, 3.63) is 36.2 Å². The van der Waals surface area contributed by atoms with E-state index in [1.165, 1.54) is 44.9 Å². The zero-order valence-corrected chi connectivity index (χ0v) is 13.6. The van der Waals surface area contributed by atoms with Crippen molar-refractivity contribution >= 4 is 5.91 Å². The van der Waals surface area contributed by atoms with Crippen LogP contribution in [0.4, 0.5) is 0 Å². The van der Waals surface area contributed by atoms with Crippen molar-refractivity contribution in [1.29, 1.82) is 0 Å². The largest absolute Gasteiger partial charge is 0.347 e. The lowest BCUT2D eigenvalue weighted by atomic mass is 9.53. The molecule has 4 bridgehead atoms. The van der Waals surface area contributed by atoms with Crippen LogP contribution in [0.15, 0.2) is 30.6 Å². The van der Waals surface area contributed by atoms with Gasteiger partial charge in [0.05, 0.1) is 5.69 Å². The Morgan fingerprint density at radius 2 is 1.83 bits per heavy atom. The normalized spacial score (nSPS) is 33.6. The molecule has 0 spiro atoms. The molecule has 4 fully saturated rings. The van der Waals surface area contributed by atoms with Crippen LogP contribution in [0.5, 0.6) is 0 Å². The van der Waals surface area contributed by atoms with E-state index in [0.29, 0.717) is 5.56 Å². The lowest BCUT2D eigenvalue weighted by molar-refractivity contribution is -0.0167. The molecule has 4 aliphatic carbocycles. The molecule has 0 radical (unpaired) electrons. The molecular formula is C18H21N5O. The lowest BCUT2D eigenvalue weighted by Crippen LogP contribution is -2.59. The SMILES string of the molecule is O=C(NC12CC3CC(CC(C3)C1)C2)c1cccc(-n2cnnn2)c1. The third-order valence-corrected chi connectivity index (χ3v) is 6.14. The standard InChI is InChI=1S/C18H21N5O/c24-17(15-2-1-3-16(7-15)23-11-19-21-22-23)20-18-8-12-4-13(9-18)6-14(5-12)10-18/h1-3,7,11-14H,4-6,8-10H2,(H,20,24). The number of nitrogens with zero attached hydrogens (tertiary/aromatic N) is 4. The molecule has 1 aromatic heterocycles. The first-order valence-electron chi connectivity index (χ1n) is 8.85. The predicted octanol–water partition coefficient (Wildman–Crippen LogP) is 2.36. The second kappa shape index (κ2) is 5.13. The number of rotatable bonds is 3. The Kier molecular flexibility index (Phi) is 3.02. The molecule has 24 heavy (non-hydrogen) atoms. The van der Waals surface area contributed by atoms with Crippen LogP contribution >= 0.6 is 0 Å². The van der Waals surface area contributed by atoms with Gasteiger partial charge in [-0.05, 0) is 84.9 Å². The fraction of sp³-hybridized carbons (Fsp3) is 0.556. The average Bonchev–Trinajstić information content (AvgIpc) is 3.07. The van der Waals surface area contributed by atoms with Crippen LogP contribution in [-0.4, -0.2) is 31.7 Å². The van der Waals surface area contributed by atoms with Crippen LogP contribution in [0.1, 0.15) is 48.9 Å². The minimum absolute atomic E-state index is 0.0341. The Bertz CT molecular complexity index is 734. The number of carbonyl (C=O) groups is 1. The lowest BCUT2D eigenvalue weighted by Gasteiger charge is -2.56. The van der Waals surface area contributed by atoms with Gasteiger partial charge in [0.1, 0.15) is 6.33 Å². The van der Waals surface area contributed by atoms with Gasteiger partial charge in [0.2, 0.25) is 0 Å². The van der Waals surface area contributed by atoms with Crippen molar-refractivity contribution in [1.82, 2.24) is 25.5 Å². The Balaban J connectivity index is 1.38. The molecule has 1 aromatic carbocycles. The zero-order chi connectivity index (χ0) is 16.1. The van der Waals surface area contributed by atoms with Gasteiger partial charge in [-0.1, -0.05) is 6.07 Å². The molecule has 6 heteroatoms. The van der Waals surface area contributed by atoms with E-state index >= 15 is 0 Å². The number of aromatic nitrogens is 4. The number of hydrogen-bond acceptors (Lipinski definition) is 4. The molecular weight excluding hydrogens is 302 g/mol. The van der Waals surface area contributed by atoms with Crippen molar-refractivity contribution < 1.29 is 4.79 Å². The number of amides is 1. The van der Waals surface area contributed by atoms with E-state index < -0.39 is 0 Å². The van der Waals surface area contributed by atoms with Gasteiger partial charge < -0.3 is 5.32 Å². The third kappa shape index (κ3) is 2.32. The molecule has 1 heterocycles. The number of benzene rings is 1. The summed E-state index contributed by atoms with van der Waals surface area (Å²) >= 11 is 0. The van der Waals surface area contributed by atoms with Gasteiger partial charge in [-0.25, -0.2) is 4.68 Å². The summed E-state index contributed by atoms with van der Waals surface area (Å²) in [6.07, 6.45) is 9.17. The van der Waals surface area contributed by atoms with Gasteiger partial charge in [0, 0.05) is 11.1 Å². The highest BCUT2D eigenvalue weighted by Gasteiger charge is 2.51. The Morgan fingerprint density at radius 1 is 1.12 bits per heavy atom. The minimum Gasteiger partial charge on any atom is -0.347 e. The van der Waals surface area contributed by atoms with E-state index in [1.54, 1.807) is 4.68 Å². The Morgan fingerprint density at radius 3 is 2.46 bits per heavy atom. The first kappa shape index (κ1) is 14.1. The van der Waals surface area contributed by atoms with Crippen LogP contribution < -0.4 is 5.32 Å². The van der Waals surface area contributed by atoms with E-state index in [2.05, 4.69) is 20.8 Å². The Labute approximate surface area is 140 Å². The van der Waals surface area contributed by atoms with Crippen molar-refractivity contribution in [3.8, 4) is 5.69 Å². The van der Waals surface area contributed by atoms with Gasteiger partial charge in [0.25, 0.3) is 5.91 Å². The maximum absolute atomic E-state index is 12.9. The molecule has 0 atom stereocenters. The van der Waals surface area contributed by atoms with Crippen LogP contribution in [0, 0.1) is 17.8 Å². The number of tetrazole rings is 1. The number of nitrogens with one attached hydrogen (secondary N) is 1. The summed E-state index contributed by atoms with van der Waals surface area (Å²) in [5.41, 5.74) is 1.52. The highest BCUT2D eigenvalue weighted by molar-refractivity contribution is 5.95. The van der Waals surface area contributed by atoms with Crippen molar-refractivity contribution in [2.45, 2.75) is 44.1 Å².